The van der Waals surface area contributed by atoms with Gasteiger partial charge in [-0.15, -0.1) is 0 Å². The van der Waals surface area contributed by atoms with Crippen LogP contribution in [0.2, 0.25) is 0 Å². The molecule has 0 aliphatic heterocycles. The molecule has 1 unspecified atom stereocenters. The van der Waals surface area contributed by atoms with E-state index in [1.54, 1.807) is 6.92 Å². The number of benzene rings is 2. The number of aliphatic hydroxyl groups excluding tert-OH is 1. The van der Waals surface area contributed by atoms with Crippen molar-refractivity contribution in [2.45, 2.75) is 40.0 Å². The van der Waals surface area contributed by atoms with Gasteiger partial charge < -0.3 is 19.9 Å². The summed E-state index contributed by atoms with van der Waals surface area (Å²) in [5, 5.41) is 12.6. The summed E-state index contributed by atoms with van der Waals surface area (Å²) < 4.78 is 11.8. The smallest absolute Gasteiger partial charge is 0.166 e. The first-order valence-electron chi connectivity index (χ1n) is 8.42. The summed E-state index contributed by atoms with van der Waals surface area (Å²) in [6.45, 7) is 8.03. The van der Waals surface area contributed by atoms with Crippen molar-refractivity contribution in [1.29, 1.82) is 0 Å². The molecule has 0 aliphatic rings. The van der Waals surface area contributed by atoms with Gasteiger partial charge in [-0.25, -0.2) is 0 Å². The molecule has 0 saturated carbocycles. The summed E-state index contributed by atoms with van der Waals surface area (Å²) in [5.41, 5.74) is 3.37. The molecule has 130 valence electrons. The van der Waals surface area contributed by atoms with Crippen molar-refractivity contribution in [2.75, 3.05) is 13.2 Å². The number of hydrogen-bond acceptors (Lipinski definition) is 4. The minimum atomic E-state index is -0.378. The van der Waals surface area contributed by atoms with Crippen molar-refractivity contribution in [3.05, 3.63) is 59.2 Å². The minimum absolute atomic E-state index is 0.378. The van der Waals surface area contributed by atoms with Crippen LogP contribution in [0.25, 0.3) is 0 Å². The first kappa shape index (κ1) is 18.3. The molecule has 0 fully saturated rings. The molecule has 0 aliphatic carbocycles. The standard InChI is InChI=1S/C20H27NO3/c1-4-23-19-7-5-6-18(13-21-12-16(3)22)20(19)24-14-17-10-8-15(2)9-11-17/h5-11,16,21-22H,4,12-14H2,1-3H3. The van der Waals surface area contributed by atoms with Gasteiger partial charge in [-0.3, -0.25) is 0 Å². The highest BCUT2D eigenvalue weighted by Gasteiger charge is 2.11. The summed E-state index contributed by atoms with van der Waals surface area (Å²) in [4.78, 5) is 0. The topological polar surface area (TPSA) is 50.7 Å². The van der Waals surface area contributed by atoms with Crippen molar-refractivity contribution in [2.24, 2.45) is 0 Å². The van der Waals surface area contributed by atoms with Gasteiger partial charge in [0.1, 0.15) is 6.61 Å². The van der Waals surface area contributed by atoms with E-state index in [1.807, 2.05) is 25.1 Å². The third kappa shape index (κ3) is 5.55. The summed E-state index contributed by atoms with van der Waals surface area (Å²) in [6, 6.07) is 14.2. The second kappa shape index (κ2) is 9.30. The fourth-order valence-electron chi connectivity index (χ4n) is 2.39. The van der Waals surface area contributed by atoms with Gasteiger partial charge in [-0.2, -0.15) is 0 Å². The Bertz CT molecular complexity index is 623. The maximum Gasteiger partial charge on any atom is 0.166 e. The van der Waals surface area contributed by atoms with Crippen LogP contribution in [0.3, 0.4) is 0 Å². The molecule has 0 radical (unpaired) electrons. The molecular weight excluding hydrogens is 302 g/mol. The molecule has 0 amide bonds. The van der Waals surface area contributed by atoms with Gasteiger partial charge in [-0.1, -0.05) is 42.0 Å². The van der Waals surface area contributed by atoms with Crippen molar-refractivity contribution in [3.63, 3.8) is 0 Å². The number of para-hydroxylation sites is 1. The van der Waals surface area contributed by atoms with E-state index >= 15 is 0 Å². The number of hydrogen-bond donors (Lipinski definition) is 2. The van der Waals surface area contributed by atoms with Crippen LogP contribution in [0.5, 0.6) is 11.5 Å². The van der Waals surface area contributed by atoms with E-state index in [0.717, 1.165) is 22.6 Å². The van der Waals surface area contributed by atoms with Crippen LogP contribution < -0.4 is 14.8 Å². The lowest BCUT2D eigenvalue weighted by atomic mass is 10.1. The molecule has 24 heavy (non-hydrogen) atoms. The fourth-order valence-corrected chi connectivity index (χ4v) is 2.39. The van der Waals surface area contributed by atoms with E-state index in [0.29, 0.717) is 26.3 Å². The molecule has 2 rings (SSSR count). The van der Waals surface area contributed by atoms with E-state index < -0.39 is 0 Å². The van der Waals surface area contributed by atoms with Gasteiger partial charge in [0.05, 0.1) is 12.7 Å². The average Bonchev–Trinajstić information content (AvgIpc) is 2.55. The van der Waals surface area contributed by atoms with Crippen LogP contribution in [0.1, 0.15) is 30.5 Å². The second-order valence-electron chi connectivity index (χ2n) is 5.93. The third-order valence-corrected chi connectivity index (χ3v) is 3.62. The first-order chi connectivity index (χ1) is 11.6. The SMILES string of the molecule is CCOc1cccc(CNCC(C)O)c1OCc1ccc(C)cc1. The molecule has 4 heteroatoms. The molecule has 0 bridgehead atoms. The van der Waals surface area contributed by atoms with Gasteiger partial charge in [0.25, 0.3) is 0 Å². The van der Waals surface area contributed by atoms with E-state index in [2.05, 4.69) is 36.5 Å². The molecule has 4 nitrogen and oxygen atoms in total. The van der Waals surface area contributed by atoms with Crippen LogP contribution in [0.4, 0.5) is 0 Å². The molecule has 2 N–H and O–H groups in total. The maximum absolute atomic E-state index is 9.39. The fraction of sp³-hybridized carbons (Fsp3) is 0.400. The normalized spacial score (nSPS) is 12.0. The molecule has 0 saturated heterocycles. The molecule has 0 heterocycles. The quantitative estimate of drug-likeness (QED) is 0.740. The minimum Gasteiger partial charge on any atom is -0.490 e. The first-order valence-corrected chi connectivity index (χ1v) is 8.42. The lowest BCUT2D eigenvalue weighted by Gasteiger charge is -2.17. The van der Waals surface area contributed by atoms with Crippen LogP contribution in [0, 0.1) is 6.92 Å². The predicted molar refractivity (Wildman–Crippen MR) is 96.5 cm³/mol. The number of nitrogens with one attached hydrogen (secondary N) is 1. The van der Waals surface area contributed by atoms with Crippen LogP contribution >= 0.6 is 0 Å². The third-order valence-electron chi connectivity index (χ3n) is 3.62. The van der Waals surface area contributed by atoms with Crippen molar-refractivity contribution >= 4 is 0 Å². The summed E-state index contributed by atoms with van der Waals surface area (Å²) in [5.74, 6) is 1.51. The number of aliphatic hydroxyl groups is 1. The van der Waals surface area contributed by atoms with E-state index in [4.69, 9.17) is 9.47 Å². The van der Waals surface area contributed by atoms with E-state index in [1.165, 1.54) is 5.56 Å². The molecule has 0 spiro atoms. The maximum atomic E-state index is 9.39. The summed E-state index contributed by atoms with van der Waals surface area (Å²) in [6.07, 6.45) is -0.378. The number of aryl methyl sites for hydroxylation is 1. The largest absolute Gasteiger partial charge is 0.490 e. The van der Waals surface area contributed by atoms with Gasteiger partial charge in [-0.05, 0) is 32.4 Å². The monoisotopic (exact) mass is 329 g/mol. The Morgan fingerprint density at radius 2 is 1.83 bits per heavy atom. The average molecular weight is 329 g/mol. The lowest BCUT2D eigenvalue weighted by molar-refractivity contribution is 0.190. The van der Waals surface area contributed by atoms with Gasteiger partial charge in [0.2, 0.25) is 0 Å². The highest BCUT2D eigenvalue weighted by molar-refractivity contribution is 5.46. The zero-order valence-corrected chi connectivity index (χ0v) is 14.7. The van der Waals surface area contributed by atoms with Crippen molar-refractivity contribution in [3.8, 4) is 11.5 Å². The molecular formula is C20H27NO3. The van der Waals surface area contributed by atoms with Crippen LogP contribution in [0.15, 0.2) is 42.5 Å². The number of ether oxygens (including phenoxy) is 2. The molecule has 2 aromatic carbocycles. The summed E-state index contributed by atoms with van der Waals surface area (Å²) >= 11 is 0. The predicted octanol–water partition coefficient (Wildman–Crippen LogP) is 3.44. The molecule has 2 aromatic rings. The Kier molecular flexibility index (Phi) is 7.09. The Morgan fingerprint density at radius 3 is 2.50 bits per heavy atom. The Balaban J connectivity index is 2.12. The Morgan fingerprint density at radius 1 is 1.08 bits per heavy atom. The van der Waals surface area contributed by atoms with Gasteiger partial charge in [0, 0.05) is 18.7 Å². The van der Waals surface area contributed by atoms with Crippen molar-refractivity contribution in [1.82, 2.24) is 5.32 Å². The number of rotatable bonds is 9. The molecule has 0 aromatic heterocycles. The van der Waals surface area contributed by atoms with E-state index in [9.17, 15) is 5.11 Å². The van der Waals surface area contributed by atoms with Crippen molar-refractivity contribution < 1.29 is 14.6 Å². The van der Waals surface area contributed by atoms with Crippen LogP contribution in [-0.4, -0.2) is 24.4 Å². The zero-order valence-electron chi connectivity index (χ0n) is 14.7. The van der Waals surface area contributed by atoms with Gasteiger partial charge >= 0.3 is 0 Å². The van der Waals surface area contributed by atoms with E-state index in [-0.39, 0.29) is 6.10 Å². The van der Waals surface area contributed by atoms with Crippen LogP contribution in [-0.2, 0) is 13.2 Å². The van der Waals surface area contributed by atoms with Gasteiger partial charge in [0.15, 0.2) is 11.5 Å². The Hall–Kier alpha value is -2.04. The highest BCUT2D eigenvalue weighted by Crippen LogP contribution is 2.32. The highest BCUT2D eigenvalue weighted by atomic mass is 16.5. The summed E-state index contributed by atoms with van der Waals surface area (Å²) in [7, 11) is 0. The zero-order chi connectivity index (χ0) is 17.4. The Labute approximate surface area is 144 Å². The second-order valence-corrected chi connectivity index (χ2v) is 5.93. The molecule has 1 atom stereocenters. The lowest BCUT2D eigenvalue weighted by Crippen LogP contribution is -2.24.